The molecule has 0 radical (unpaired) electrons. The maximum Gasteiger partial charge on any atom is 0.332 e. The number of aliphatic hydroxyl groups is 1. The molecule has 12 heteroatoms. The van der Waals surface area contributed by atoms with Crippen LogP contribution in [0.1, 0.15) is 165 Å². The van der Waals surface area contributed by atoms with Crippen LogP contribution in [0, 0.1) is 70.0 Å². The van der Waals surface area contributed by atoms with Crippen LogP contribution in [0.2, 0.25) is 0 Å². The van der Waals surface area contributed by atoms with Gasteiger partial charge in [0.1, 0.15) is 36.6 Å². The monoisotopic (exact) mass is 871 g/mol. The quantitative estimate of drug-likeness (QED) is 0.101. The predicted molar refractivity (Wildman–Crippen MR) is 229 cm³/mol. The maximum atomic E-state index is 12.4. The molecular formula is C50H78O12. The van der Waals surface area contributed by atoms with E-state index in [1.807, 2.05) is 55.4 Å². The average Bonchev–Trinajstić information content (AvgIpc) is 3.84. The van der Waals surface area contributed by atoms with E-state index in [0.717, 1.165) is 69.6 Å². The van der Waals surface area contributed by atoms with Crippen molar-refractivity contribution in [1.82, 2.24) is 0 Å². The van der Waals surface area contributed by atoms with Crippen LogP contribution in [0.3, 0.4) is 0 Å². The second-order valence-electron chi connectivity index (χ2n) is 23.0. The van der Waals surface area contributed by atoms with E-state index in [4.69, 9.17) is 28.4 Å². The predicted octanol–water partition coefficient (Wildman–Crippen LogP) is 8.32. The minimum Gasteiger partial charge on any atom is -0.463 e. The molecule has 0 aromatic heterocycles. The van der Waals surface area contributed by atoms with Crippen molar-refractivity contribution in [1.29, 1.82) is 0 Å². The summed E-state index contributed by atoms with van der Waals surface area (Å²) in [5.41, 5.74) is -2.12. The fourth-order valence-corrected chi connectivity index (χ4v) is 13.5. The molecule has 12 nitrogen and oxygen atoms in total. The Balaban J connectivity index is 0.000000144. The van der Waals surface area contributed by atoms with Crippen LogP contribution in [-0.2, 0) is 52.4 Å². The Morgan fingerprint density at radius 1 is 0.774 bits per heavy atom. The number of fused-ring (bicyclic) bond motifs is 1. The summed E-state index contributed by atoms with van der Waals surface area (Å²) in [5, 5.41) is 10.6. The van der Waals surface area contributed by atoms with Crippen molar-refractivity contribution in [2.75, 3.05) is 19.8 Å². The van der Waals surface area contributed by atoms with Gasteiger partial charge in [0.2, 0.25) is 0 Å². The first-order chi connectivity index (χ1) is 29.1. The van der Waals surface area contributed by atoms with E-state index in [9.17, 15) is 29.1 Å². The van der Waals surface area contributed by atoms with E-state index in [1.165, 1.54) is 38.5 Å². The molecule has 8 unspecified atom stereocenters. The van der Waals surface area contributed by atoms with Gasteiger partial charge in [-0.25, -0.2) is 4.79 Å². The lowest BCUT2D eigenvalue weighted by atomic mass is 9.50. The van der Waals surface area contributed by atoms with E-state index in [0.29, 0.717) is 41.9 Å². The van der Waals surface area contributed by atoms with E-state index in [-0.39, 0.29) is 84.9 Å². The van der Waals surface area contributed by atoms with Crippen LogP contribution in [0.25, 0.3) is 0 Å². The number of carbonyl (C=O) groups excluding carboxylic acids is 5. The number of hydrogen-bond acceptors (Lipinski definition) is 12. The highest BCUT2D eigenvalue weighted by molar-refractivity contribution is 5.78. The summed E-state index contributed by atoms with van der Waals surface area (Å²) in [4.78, 5) is 59.9. The first-order valence-electron chi connectivity index (χ1n) is 24.5. The molecule has 1 aliphatic heterocycles. The van der Waals surface area contributed by atoms with Crippen molar-refractivity contribution in [3.05, 3.63) is 0 Å². The molecule has 350 valence electrons. The molecule has 0 aromatic carbocycles. The molecular weight excluding hydrogens is 793 g/mol. The number of ether oxygens (including phenoxy) is 6. The highest BCUT2D eigenvalue weighted by Gasteiger charge is 2.64. The van der Waals surface area contributed by atoms with Gasteiger partial charge in [-0.05, 0) is 166 Å². The summed E-state index contributed by atoms with van der Waals surface area (Å²) in [6.45, 7) is 17.9. The van der Waals surface area contributed by atoms with E-state index in [1.54, 1.807) is 0 Å². The summed E-state index contributed by atoms with van der Waals surface area (Å²) < 4.78 is 33.4. The highest BCUT2D eigenvalue weighted by atomic mass is 16.6. The molecule has 0 spiro atoms. The normalized spacial score (nSPS) is 40.4. The Morgan fingerprint density at radius 2 is 1.35 bits per heavy atom. The Labute approximate surface area is 370 Å². The molecule has 10 aliphatic carbocycles. The maximum absolute atomic E-state index is 12.4. The third-order valence-corrected chi connectivity index (χ3v) is 17.6. The van der Waals surface area contributed by atoms with Crippen molar-refractivity contribution in [2.24, 2.45) is 70.0 Å². The fourth-order valence-electron chi connectivity index (χ4n) is 13.5. The molecule has 11 aliphatic rings. The molecule has 1 saturated heterocycles. The Kier molecular flexibility index (Phi) is 13.7. The summed E-state index contributed by atoms with van der Waals surface area (Å²) in [6, 6.07) is 0. The number of rotatable bonds is 14. The molecule has 0 amide bonds. The Morgan fingerprint density at radius 3 is 1.92 bits per heavy atom. The van der Waals surface area contributed by atoms with Gasteiger partial charge in [-0.15, -0.1) is 0 Å². The lowest BCUT2D eigenvalue weighted by molar-refractivity contribution is -0.225. The van der Waals surface area contributed by atoms with Gasteiger partial charge in [0.15, 0.2) is 0 Å². The number of carbonyl (C=O) groups is 5. The largest absolute Gasteiger partial charge is 0.463 e. The smallest absolute Gasteiger partial charge is 0.332 e. The van der Waals surface area contributed by atoms with Crippen molar-refractivity contribution >= 4 is 29.8 Å². The zero-order chi connectivity index (χ0) is 45.0. The molecule has 8 atom stereocenters. The summed E-state index contributed by atoms with van der Waals surface area (Å²) >= 11 is 0. The third-order valence-electron chi connectivity index (χ3n) is 17.6. The van der Waals surface area contributed by atoms with Gasteiger partial charge in [-0.1, -0.05) is 27.7 Å². The standard InChI is InChI=1S/C21H34O5.C16H26O3.C13H18O4/c1-5-20(2,3)19(23)25-7-6-24-13-18(22)26-21(4)16-9-14-8-15(11-16)12-17(21)10-14;1-4-14(2,3)13(17)19-16-8-11-5-12(9-16)7-15(18,6-11)10-16;1-3-6(2)12(14)16-10-7-4-8-9(5-7)13(15)17-11(8)10/h14-17H,5-13H2,1-4H3;11-12,18H,4-10H2,1-3H3;6-11H,3-5H2,1-2H3. The van der Waals surface area contributed by atoms with E-state index >= 15 is 0 Å². The molecule has 10 bridgehead atoms. The van der Waals surface area contributed by atoms with Gasteiger partial charge in [0.25, 0.3) is 0 Å². The van der Waals surface area contributed by atoms with Gasteiger partial charge in [-0.3, -0.25) is 19.2 Å². The second kappa shape index (κ2) is 17.9. The fraction of sp³-hybridized carbons (Fsp3) is 0.900. The average molecular weight is 871 g/mol. The molecule has 0 aromatic rings. The molecule has 1 N–H and O–H groups in total. The molecule has 10 saturated carbocycles. The first kappa shape index (κ1) is 47.2. The minimum atomic E-state index is -0.555. The molecule has 11 fully saturated rings. The van der Waals surface area contributed by atoms with Gasteiger partial charge in [0, 0.05) is 18.3 Å². The topological polar surface area (TPSA) is 161 Å². The summed E-state index contributed by atoms with van der Waals surface area (Å²) in [6.07, 6.45) is 15.7. The highest BCUT2D eigenvalue weighted by Crippen LogP contribution is 2.61. The summed E-state index contributed by atoms with van der Waals surface area (Å²) in [7, 11) is 0. The number of hydrogen-bond donors (Lipinski definition) is 1. The lowest BCUT2D eigenvalue weighted by Crippen LogP contribution is -2.61. The van der Waals surface area contributed by atoms with Crippen molar-refractivity contribution in [3.63, 3.8) is 0 Å². The Bertz CT molecular complexity index is 1640. The molecule has 62 heavy (non-hydrogen) atoms. The first-order valence-corrected chi connectivity index (χ1v) is 24.5. The van der Waals surface area contributed by atoms with Gasteiger partial charge in [0.05, 0.1) is 34.9 Å². The minimum absolute atomic E-state index is 0.0676. The third kappa shape index (κ3) is 9.62. The zero-order valence-electron chi connectivity index (χ0n) is 39.3. The van der Waals surface area contributed by atoms with Crippen LogP contribution in [0.4, 0.5) is 0 Å². The molecule has 1 heterocycles. The summed E-state index contributed by atoms with van der Waals surface area (Å²) in [5.74, 6) is 3.68. The van der Waals surface area contributed by atoms with Crippen molar-refractivity contribution in [2.45, 2.75) is 194 Å². The van der Waals surface area contributed by atoms with Crippen molar-refractivity contribution < 1.29 is 57.5 Å². The van der Waals surface area contributed by atoms with Crippen LogP contribution in [0.5, 0.6) is 0 Å². The van der Waals surface area contributed by atoms with Gasteiger partial charge < -0.3 is 33.5 Å². The lowest BCUT2D eigenvalue weighted by Gasteiger charge is -2.59. The van der Waals surface area contributed by atoms with Crippen LogP contribution in [-0.4, -0.2) is 83.8 Å². The molecule has 11 rings (SSSR count). The van der Waals surface area contributed by atoms with Crippen molar-refractivity contribution in [3.8, 4) is 0 Å². The second-order valence-corrected chi connectivity index (χ2v) is 23.0. The van der Waals surface area contributed by atoms with E-state index < -0.39 is 16.4 Å². The Hall–Kier alpha value is -2.73. The van der Waals surface area contributed by atoms with E-state index in [2.05, 4.69) is 6.92 Å². The number of esters is 5. The SMILES string of the molecule is CCC(C)(C)C(=O)OC12CC3CC(CC(O)(C3)C1)C2.CCC(C)(C)C(=O)OCCOCC(=O)OC1(C)C2CC3CC(C2)CC1C3.CCC(C)C(=O)OC1C2CC3C(=O)OC1C3C2. The zero-order valence-corrected chi connectivity index (χ0v) is 39.3. The van der Waals surface area contributed by atoms with Crippen LogP contribution in [0.15, 0.2) is 0 Å². The van der Waals surface area contributed by atoms with Gasteiger partial charge in [-0.2, -0.15) is 0 Å². The van der Waals surface area contributed by atoms with Gasteiger partial charge >= 0.3 is 29.8 Å². The van der Waals surface area contributed by atoms with Crippen LogP contribution >= 0.6 is 0 Å². The van der Waals surface area contributed by atoms with Crippen LogP contribution < -0.4 is 0 Å².